The van der Waals surface area contributed by atoms with Crippen LogP contribution in [0.4, 0.5) is 0 Å². The van der Waals surface area contributed by atoms with Crippen molar-refractivity contribution in [1.82, 2.24) is 15.8 Å². The number of hydrazine groups is 1. The van der Waals surface area contributed by atoms with Crippen LogP contribution in [-0.2, 0) is 22.4 Å². The minimum atomic E-state index is -0.291. The van der Waals surface area contributed by atoms with Crippen LogP contribution in [0.3, 0.4) is 0 Å². The maximum absolute atomic E-state index is 12.1. The number of aromatic amines is 1. The molecule has 1 heterocycles. The summed E-state index contributed by atoms with van der Waals surface area (Å²) in [5.41, 5.74) is 7.56. The van der Waals surface area contributed by atoms with Crippen LogP contribution >= 0.6 is 0 Å². The predicted molar refractivity (Wildman–Crippen MR) is 95.0 cm³/mol. The number of fused-ring (bicyclic) bond motifs is 1. The first kappa shape index (κ1) is 16.6. The number of nitrogens with one attached hydrogen (secondary N) is 3. The number of hydrogen-bond donors (Lipinski definition) is 3. The van der Waals surface area contributed by atoms with Gasteiger partial charge in [-0.1, -0.05) is 30.3 Å². The Bertz CT molecular complexity index is 902. The molecule has 0 bridgehead atoms. The highest BCUT2D eigenvalue weighted by atomic mass is 16.5. The van der Waals surface area contributed by atoms with Crippen molar-refractivity contribution in [2.45, 2.75) is 12.8 Å². The molecule has 0 saturated heterocycles. The number of benzene rings is 2. The Morgan fingerprint density at radius 2 is 1.76 bits per heavy atom. The molecule has 0 aliphatic heterocycles. The lowest BCUT2D eigenvalue weighted by Crippen LogP contribution is -2.43. The average Bonchev–Trinajstić information content (AvgIpc) is 3.03. The van der Waals surface area contributed by atoms with Crippen molar-refractivity contribution in [1.29, 1.82) is 0 Å². The zero-order valence-electron chi connectivity index (χ0n) is 13.8. The number of hydrogen-bond acceptors (Lipinski definition) is 3. The Kier molecular flexibility index (Phi) is 4.99. The van der Waals surface area contributed by atoms with Crippen LogP contribution in [-0.4, -0.2) is 23.9 Å². The van der Waals surface area contributed by atoms with Crippen LogP contribution < -0.4 is 15.6 Å². The van der Waals surface area contributed by atoms with E-state index in [0.29, 0.717) is 5.75 Å². The fraction of sp³-hybridized carbons (Fsp3) is 0.158. The number of aromatic nitrogens is 1. The quantitative estimate of drug-likeness (QED) is 0.624. The summed E-state index contributed by atoms with van der Waals surface area (Å²) >= 11 is 0. The van der Waals surface area contributed by atoms with E-state index in [-0.39, 0.29) is 24.7 Å². The first-order valence-electron chi connectivity index (χ1n) is 7.91. The van der Waals surface area contributed by atoms with Crippen molar-refractivity contribution >= 4 is 22.7 Å². The number of para-hydroxylation sites is 1. The predicted octanol–water partition coefficient (Wildman–Crippen LogP) is 2.11. The Labute approximate surface area is 145 Å². The molecule has 0 atom stereocenters. The standard InChI is InChI=1S/C19H19N3O3/c1-25-15-6-4-5-13(9-15)10-18(23)21-22-19(24)11-14-12-20-17-8-3-2-7-16(14)17/h2-9,12,20H,10-11H2,1H3,(H,21,23)(H,22,24). The molecule has 0 fully saturated rings. The van der Waals surface area contributed by atoms with Gasteiger partial charge in [0.25, 0.3) is 0 Å². The third-order valence-corrected chi connectivity index (χ3v) is 3.87. The summed E-state index contributed by atoms with van der Waals surface area (Å²) in [5.74, 6) is 0.123. The maximum Gasteiger partial charge on any atom is 0.242 e. The minimum Gasteiger partial charge on any atom is -0.497 e. The normalized spacial score (nSPS) is 10.4. The van der Waals surface area contributed by atoms with Crippen LogP contribution in [0.1, 0.15) is 11.1 Å². The summed E-state index contributed by atoms with van der Waals surface area (Å²) in [4.78, 5) is 27.1. The first-order chi connectivity index (χ1) is 12.2. The number of carbonyl (C=O) groups is 2. The molecule has 0 aliphatic carbocycles. The molecule has 0 spiro atoms. The van der Waals surface area contributed by atoms with E-state index in [1.807, 2.05) is 48.7 Å². The van der Waals surface area contributed by atoms with Crippen LogP contribution in [0.2, 0.25) is 0 Å². The van der Waals surface area contributed by atoms with Crippen molar-refractivity contribution < 1.29 is 14.3 Å². The van der Waals surface area contributed by atoms with Crippen LogP contribution in [0.15, 0.2) is 54.7 Å². The number of methoxy groups -OCH3 is 1. The summed E-state index contributed by atoms with van der Waals surface area (Å²) in [6.45, 7) is 0. The summed E-state index contributed by atoms with van der Waals surface area (Å²) in [7, 11) is 1.57. The molecule has 3 aromatic rings. The highest BCUT2D eigenvalue weighted by Gasteiger charge is 2.10. The zero-order chi connectivity index (χ0) is 17.6. The second-order valence-corrected chi connectivity index (χ2v) is 5.66. The van der Waals surface area contributed by atoms with E-state index in [2.05, 4.69) is 15.8 Å². The van der Waals surface area contributed by atoms with Gasteiger partial charge < -0.3 is 9.72 Å². The Morgan fingerprint density at radius 1 is 1.00 bits per heavy atom. The van der Waals surface area contributed by atoms with Crippen molar-refractivity contribution in [2.75, 3.05) is 7.11 Å². The van der Waals surface area contributed by atoms with E-state index in [0.717, 1.165) is 22.0 Å². The van der Waals surface area contributed by atoms with E-state index >= 15 is 0 Å². The SMILES string of the molecule is COc1cccc(CC(=O)NNC(=O)Cc2c[nH]c3ccccc23)c1. The number of ether oxygens (including phenoxy) is 1. The molecule has 3 N–H and O–H groups in total. The molecule has 6 nitrogen and oxygen atoms in total. The third-order valence-electron chi connectivity index (χ3n) is 3.87. The van der Waals surface area contributed by atoms with Crippen molar-refractivity contribution in [3.63, 3.8) is 0 Å². The highest BCUT2D eigenvalue weighted by molar-refractivity contribution is 5.90. The molecule has 0 unspecified atom stereocenters. The lowest BCUT2D eigenvalue weighted by atomic mass is 10.1. The van der Waals surface area contributed by atoms with E-state index in [4.69, 9.17) is 4.74 Å². The largest absolute Gasteiger partial charge is 0.497 e. The number of rotatable bonds is 5. The molecule has 0 radical (unpaired) electrons. The van der Waals surface area contributed by atoms with Crippen LogP contribution in [0.25, 0.3) is 10.9 Å². The van der Waals surface area contributed by atoms with Gasteiger partial charge in [-0.25, -0.2) is 0 Å². The van der Waals surface area contributed by atoms with Gasteiger partial charge in [0.2, 0.25) is 11.8 Å². The van der Waals surface area contributed by atoms with Crippen LogP contribution in [0.5, 0.6) is 5.75 Å². The van der Waals surface area contributed by atoms with Crippen molar-refractivity contribution in [3.8, 4) is 5.75 Å². The monoisotopic (exact) mass is 337 g/mol. The van der Waals surface area contributed by atoms with Gasteiger partial charge in [0.05, 0.1) is 20.0 Å². The molecule has 2 amide bonds. The summed E-state index contributed by atoms with van der Waals surface area (Å²) in [6.07, 6.45) is 2.15. The molecule has 1 aromatic heterocycles. The molecule has 0 aliphatic rings. The molecule has 25 heavy (non-hydrogen) atoms. The summed E-state index contributed by atoms with van der Waals surface area (Å²) in [6, 6.07) is 15.0. The average molecular weight is 337 g/mol. The van der Waals surface area contributed by atoms with Gasteiger partial charge in [-0.2, -0.15) is 0 Å². The Morgan fingerprint density at radius 3 is 2.56 bits per heavy atom. The molecule has 3 rings (SSSR count). The summed E-state index contributed by atoms with van der Waals surface area (Å²) < 4.78 is 5.12. The molecule has 2 aromatic carbocycles. The van der Waals surface area contributed by atoms with E-state index in [9.17, 15) is 9.59 Å². The molecular formula is C19H19N3O3. The number of amides is 2. The number of carbonyl (C=O) groups excluding carboxylic acids is 2. The van der Waals surface area contributed by atoms with Gasteiger partial charge in [-0.3, -0.25) is 20.4 Å². The topological polar surface area (TPSA) is 83.2 Å². The smallest absolute Gasteiger partial charge is 0.242 e. The van der Waals surface area contributed by atoms with Gasteiger partial charge in [0.15, 0.2) is 0 Å². The lowest BCUT2D eigenvalue weighted by Gasteiger charge is -2.08. The fourth-order valence-electron chi connectivity index (χ4n) is 2.65. The van der Waals surface area contributed by atoms with Gasteiger partial charge in [-0.05, 0) is 29.3 Å². The number of H-pyrrole nitrogens is 1. The summed E-state index contributed by atoms with van der Waals surface area (Å²) in [5, 5.41) is 1.00. The molecular weight excluding hydrogens is 318 g/mol. The molecule has 6 heteroatoms. The van der Waals surface area contributed by atoms with E-state index < -0.39 is 0 Å². The molecule has 0 saturated carbocycles. The van der Waals surface area contributed by atoms with Crippen molar-refractivity contribution in [2.24, 2.45) is 0 Å². The first-order valence-corrected chi connectivity index (χ1v) is 7.91. The zero-order valence-corrected chi connectivity index (χ0v) is 13.8. The van der Waals surface area contributed by atoms with Gasteiger partial charge in [0.1, 0.15) is 5.75 Å². The van der Waals surface area contributed by atoms with Crippen LogP contribution in [0, 0.1) is 0 Å². The maximum atomic E-state index is 12.1. The second kappa shape index (κ2) is 7.53. The molecule has 128 valence electrons. The fourth-order valence-corrected chi connectivity index (χ4v) is 2.65. The third kappa shape index (κ3) is 4.17. The van der Waals surface area contributed by atoms with Gasteiger partial charge >= 0.3 is 0 Å². The van der Waals surface area contributed by atoms with E-state index in [1.54, 1.807) is 13.2 Å². The lowest BCUT2D eigenvalue weighted by molar-refractivity contribution is -0.128. The van der Waals surface area contributed by atoms with E-state index in [1.165, 1.54) is 0 Å². The Balaban J connectivity index is 1.52. The Hall–Kier alpha value is -3.28. The van der Waals surface area contributed by atoms with Crippen molar-refractivity contribution in [3.05, 3.63) is 65.9 Å². The van der Waals surface area contributed by atoms with Gasteiger partial charge in [0, 0.05) is 17.1 Å². The minimum absolute atomic E-state index is 0.157. The van der Waals surface area contributed by atoms with Gasteiger partial charge in [-0.15, -0.1) is 0 Å². The highest BCUT2D eigenvalue weighted by Crippen LogP contribution is 2.17. The second-order valence-electron chi connectivity index (χ2n) is 5.66.